The lowest BCUT2D eigenvalue weighted by atomic mass is 9.63. The van der Waals surface area contributed by atoms with Gasteiger partial charge in [-0.3, -0.25) is 0 Å². The zero-order valence-electron chi connectivity index (χ0n) is 10.4. The van der Waals surface area contributed by atoms with Crippen LogP contribution < -0.4 is 0 Å². The maximum Gasteiger partial charge on any atom is 0.0825 e. The Balaban J connectivity index is 2.09. The smallest absolute Gasteiger partial charge is 0.0825 e. The van der Waals surface area contributed by atoms with E-state index >= 15 is 0 Å². The summed E-state index contributed by atoms with van der Waals surface area (Å²) in [7, 11) is 2.17. The van der Waals surface area contributed by atoms with Crippen molar-refractivity contribution in [3.05, 3.63) is 34.9 Å². The van der Waals surface area contributed by atoms with Crippen LogP contribution in [-0.2, 0) is 18.4 Å². The molecule has 2 nitrogen and oxygen atoms in total. The van der Waals surface area contributed by atoms with Crippen molar-refractivity contribution in [2.24, 2.45) is 0 Å². The van der Waals surface area contributed by atoms with Crippen LogP contribution in [0.1, 0.15) is 36.0 Å². The fraction of sp³-hybridized carbons (Fsp3) is 0.533. The van der Waals surface area contributed by atoms with E-state index in [4.69, 9.17) is 0 Å². The molecule has 1 aliphatic heterocycles. The van der Waals surface area contributed by atoms with E-state index in [-0.39, 0.29) is 5.41 Å². The lowest BCUT2D eigenvalue weighted by Gasteiger charge is -2.39. The van der Waals surface area contributed by atoms with Crippen LogP contribution >= 0.6 is 0 Å². The molecule has 0 saturated heterocycles. The van der Waals surface area contributed by atoms with Gasteiger partial charge >= 0.3 is 0 Å². The molecule has 1 aliphatic carbocycles. The van der Waals surface area contributed by atoms with E-state index in [0.717, 1.165) is 32.4 Å². The van der Waals surface area contributed by atoms with Crippen LogP contribution in [0.5, 0.6) is 0 Å². The Hall–Kier alpha value is -1.33. The molecule has 0 N–H and O–H groups in total. The Bertz CT molecular complexity index is 480. The standard InChI is InChI=1S/C15H18N2/c1-17-9-6-12-4-2-5-14(13(12)10-17)15(11-16)7-3-8-15/h2,4-5H,3,6-10H2,1H3. The van der Waals surface area contributed by atoms with Crippen molar-refractivity contribution in [1.82, 2.24) is 4.90 Å². The highest BCUT2D eigenvalue weighted by Crippen LogP contribution is 2.45. The summed E-state index contributed by atoms with van der Waals surface area (Å²) in [5.41, 5.74) is 4.05. The van der Waals surface area contributed by atoms with Crippen molar-refractivity contribution >= 4 is 0 Å². The summed E-state index contributed by atoms with van der Waals surface area (Å²) >= 11 is 0. The summed E-state index contributed by atoms with van der Waals surface area (Å²) in [4.78, 5) is 2.36. The van der Waals surface area contributed by atoms with Crippen molar-refractivity contribution in [3.8, 4) is 6.07 Å². The maximum atomic E-state index is 9.49. The zero-order valence-corrected chi connectivity index (χ0v) is 10.4. The maximum absolute atomic E-state index is 9.49. The fourth-order valence-corrected chi connectivity index (χ4v) is 3.14. The molecule has 1 fully saturated rings. The van der Waals surface area contributed by atoms with E-state index in [1.165, 1.54) is 23.1 Å². The van der Waals surface area contributed by atoms with Crippen molar-refractivity contribution in [2.75, 3.05) is 13.6 Å². The van der Waals surface area contributed by atoms with Crippen molar-refractivity contribution in [1.29, 1.82) is 5.26 Å². The molecule has 88 valence electrons. The lowest BCUT2D eigenvalue weighted by Crippen LogP contribution is -2.36. The molecule has 1 aromatic carbocycles. The topological polar surface area (TPSA) is 27.0 Å². The number of benzene rings is 1. The zero-order chi connectivity index (χ0) is 11.9. The Morgan fingerprint density at radius 3 is 2.82 bits per heavy atom. The van der Waals surface area contributed by atoms with Crippen molar-refractivity contribution < 1.29 is 0 Å². The van der Waals surface area contributed by atoms with Crippen LogP contribution in [0.3, 0.4) is 0 Å². The molecule has 0 amide bonds. The first-order chi connectivity index (χ1) is 8.25. The van der Waals surface area contributed by atoms with E-state index < -0.39 is 0 Å². The summed E-state index contributed by atoms with van der Waals surface area (Å²) in [6.45, 7) is 2.14. The molecular weight excluding hydrogens is 208 g/mol. The number of rotatable bonds is 1. The Kier molecular flexibility index (Phi) is 2.45. The normalized spacial score (nSPS) is 22.4. The first-order valence-corrected chi connectivity index (χ1v) is 6.46. The number of nitrogens with zero attached hydrogens (tertiary/aromatic N) is 2. The quantitative estimate of drug-likeness (QED) is 0.736. The molecule has 3 rings (SSSR count). The number of hydrogen-bond acceptors (Lipinski definition) is 2. The molecule has 0 bridgehead atoms. The van der Waals surface area contributed by atoms with Gasteiger partial charge in [-0.25, -0.2) is 0 Å². The highest BCUT2D eigenvalue weighted by Gasteiger charge is 2.41. The Morgan fingerprint density at radius 2 is 2.18 bits per heavy atom. The minimum atomic E-state index is -0.163. The predicted molar refractivity (Wildman–Crippen MR) is 67.6 cm³/mol. The third-order valence-electron chi connectivity index (χ3n) is 4.40. The molecule has 0 spiro atoms. The van der Waals surface area contributed by atoms with Crippen LogP contribution in [0.25, 0.3) is 0 Å². The molecule has 0 unspecified atom stereocenters. The van der Waals surface area contributed by atoms with E-state index in [2.05, 4.69) is 36.2 Å². The van der Waals surface area contributed by atoms with Crippen molar-refractivity contribution in [2.45, 2.75) is 37.6 Å². The third-order valence-corrected chi connectivity index (χ3v) is 4.40. The summed E-state index contributed by atoms with van der Waals surface area (Å²) in [6, 6.07) is 9.13. The predicted octanol–water partition coefficient (Wildman–Crippen LogP) is 2.62. The molecular formula is C15H18N2. The summed E-state index contributed by atoms with van der Waals surface area (Å²) in [6.07, 6.45) is 4.42. The molecule has 0 radical (unpaired) electrons. The second kappa shape index (κ2) is 3.85. The minimum absolute atomic E-state index is 0.163. The monoisotopic (exact) mass is 226 g/mol. The van der Waals surface area contributed by atoms with Crippen LogP contribution in [0.2, 0.25) is 0 Å². The highest BCUT2D eigenvalue weighted by molar-refractivity contribution is 5.46. The summed E-state index contributed by atoms with van der Waals surface area (Å²) in [5.74, 6) is 0. The molecule has 2 heteroatoms. The van der Waals surface area contributed by atoms with Crippen LogP contribution in [0.4, 0.5) is 0 Å². The van der Waals surface area contributed by atoms with Gasteiger partial charge in [-0.05, 0) is 49.4 Å². The number of likely N-dealkylation sites (N-methyl/N-ethyl adjacent to an activating group) is 1. The SMILES string of the molecule is CN1CCc2cccc(C3(C#N)CCC3)c2C1. The highest BCUT2D eigenvalue weighted by atomic mass is 15.1. The average molecular weight is 226 g/mol. The van der Waals surface area contributed by atoms with Gasteiger partial charge in [0.05, 0.1) is 11.5 Å². The Morgan fingerprint density at radius 1 is 1.35 bits per heavy atom. The first kappa shape index (κ1) is 10.8. The van der Waals surface area contributed by atoms with Gasteiger partial charge in [-0.15, -0.1) is 0 Å². The summed E-state index contributed by atoms with van der Waals surface area (Å²) in [5, 5.41) is 9.49. The van der Waals surface area contributed by atoms with Gasteiger partial charge in [-0.1, -0.05) is 18.2 Å². The Labute approximate surface area is 103 Å². The molecule has 17 heavy (non-hydrogen) atoms. The van der Waals surface area contributed by atoms with Gasteiger partial charge in [0, 0.05) is 13.1 Å². The second-order valence-corrected chi connectivity index (χ2v) is 5.48. The minimum Gasteiger partial charge on any atom is -0.302 e. The molecule has 1 saturated carbocycles. The van der Waals surface area contributed by atoms with Gasteiger partial charge in [0.2, 0.25) is 0 Å². The number of fused-ring (bicyclic) bond motifs is 1. The fourth-order valence-electron chi connectivity index (χ4n) is 3.14. The molecule has 2 aliphatic rings. The van der Waals surface area contributed by atoms with Gasteiger partial charge in [-0.2, -0.15) is 5.26 Å². The molecule has 0 atom stereocenters. The molecule has 0 aromatic heterocycles. The number of hydrogen-bond donors (Lipinski definition) is 0. The van der Waals surface area contributed by atoms with E-state index in [1.54, 1.807) is 0 Å². The molecule has 1 aromatic rings. The van der Waals surface area contributed by atoms with Crippen LogP contribution in [-0.4, -0.2) is 18.5 Å². The first-order valence-electron chi connectivity index (χ1n) is 6.46. The lowest BCUT2D eigenvalue weighted by molar-refractivity contribution is 0.291. The van der Waals surface area contributed by atoms with Gasteiger partial charge in [0.1, 0.15) is 0 Å². The van der Waals surface area contributed by atoms with Crippen LogP contribution in [0.15, 0.2) is 18.2 Å². The van der Waals surface area contributed by atoms with E-state index in [9.17, 15) is 5.26 Å². The summed E-state index contributed by atoms with van der Waals surface area (Å²) < 4.78 is 0. The van der Waals surface area contributed by atoms with Gasteiger partial charge in [0.15, 0.2) is 0 Å². The average Bonchev–Trinajstić information content (AvgIpc) is 2.29. The largest absolute Gasteiger partial charge is 0.302 e. The second-order valence-electron chi connectivity index (χ2n) is 5.48. The van der Waals surface area contributed by atoms with Gasteiger partial charge < -0.3 is 4.90 Å². The third kappa shape index (κ3) is 1.57. The van der Waals surface area contributed by atoms with E-state index in [0.29, 0.717) is 0 Å². The van der Waals surface area contributed by atoms with Gasteiger partial charge in [0.25, 0.3) is 0 Å². The van der Waals surface area contributed by atoms with Crippen LogP contribution in [0, 0.1) is 11.3 Å². The molecule has 1 heterocycles. The van der Waals surface area contributed by atoms with Crippen molar-refractivity contribution in [3.63, 3.8) is 0 Å². The van der Waals surface area contributed by atoms with E-state index in [1.807, 2.05) is 0 Å². The number of nitriles is 1.